The Morgan fingerprint density at radius 2 is 1.05 bits per heavy atom. The molecular weight excluding hydrogens is 291 g/mol. The van der Waals surface area contributed by atoms with E-state index in [2.05, 4.69) is 0 Å². The van der Waals surface area contributed by atoms with E-state index in [4.69, 9.17) is 19.1 Å². The van der Waals surface area contributed by atoms with E-state index < -0.39 is 7.60 Å². The molecule has 0 aromatic heterocycles. The minimum absolute atomic E-state index is 0.432. The van der Waals surface area contributed by atoms with E-state index in [0.29, 0.717) is 11.5 Å². The molecule has 0 atom stereocenters. The van der Waals surface area contributed by atoms with Crippen LogP contribution in [0.1, 0.15) is 11.1 Å². The van der Waals surface area contributed by atoms with Crippen molar-refractivity contribution in [3.63, 3.8) is 0 Å². The van der Waals surface area contributed by atoms with E-state index >= 15 is 0 Å². The van der Waals surface area contributed by atoms with Crippen molar-refractivity contribution in [2.45, 2.75) is 13.8 Å². The molecule has 0 bridgehead atoms. The molecule has 0 radical (unpaired) electrons. The lowest BCUT2D eigenvalue weighted by atomic mass is 10.2. The summed E-state index contributed by atoms with van der Waals surface area (Å²) in [6.45, 7) is 5.16. The molecule has 112 valence electrons. The lowest BCUT2D eigenvalue weighted by Crippen LogP contribution is -2.01. The molecule has 0 aliphatic rings. The van der Waals surface area contributed by atoms with Crippen LogP contribution in [0, 0.1) is 13.8 Å². The van der Waals surface area contributed by atoms with Crippen LogP contribution in [0.25, 0.3) is 0 Å². The van der Waals surface area contributed by atoms with E-state index in [9.17, 15) is 4.57 Å². The first-order valence-electron chi connectivity index (χ1n) is 6.38. The molecule has 0 aliphatic carbocycles. The molecule has 0 spiro atoms. The van der Waals surface area contributed by atoms with Gasteiger partial charge in [0, 0.05) is 6.66 Å². The van der Waals surface area contributed by atoms with Gasteiger partial charge in [0.2, 0.25) is 0 Å². The predicted octanol–water partition coefficient (Wildman–Crippen LogP) is 4.45. The largest absolute Gasteiger partial charge is 0.402 e. The van der Waals surface area contributed by atoms with Crippen molar-refractivity contribution in [2.24, 2.45) is 0 Å². The Bertz CT molecular complexity index is 568. The van der Waals surface area contributed by atoms with Gasteiger partial charge in [0.15, 0.2) is 11.5 Å². The number of aryl methyl sites for hydroxylation is 2. The minimum atomic E-state index is -3.49. The molecule has 0 fully saturated rings. The Hall–Kier alpha value is -1.81. The van der Waals surface area contributed by atoms with Crippen LogP contribution in [0.3, 0.4) is 0 Å². The molecule has 0 unspecified atom stereocenters. The Balaban J connectivity index is 1.85. The average Bonchev–Trinajstić information content (AvgIpc) is 2.46. The maximum Gasteiger partial charge on any atom is 0.402 e. The van der Waals surface area contributed by atoms with Crippen molar-refractivity contribution in [3.8, 4) is 11.5 Å². The highest BCUT2D eigenvalue weighted by molar-refractivity contribution is 7.52. The van der Waals surface area contributed by atoms with Crippen LogP contribution in [0.15, 0.2) is 48.5 Å². The SMILES string of the molecule is Cc1ccc(OOP(C)(=O)OOc2ccc(C)cc2)cc1. The maximum absolute atomic E-state index is 12.0. The quantitative estimate of drug-likeness (QED) is 0.448. The Kier molecular flexibility index (Phi) is 5.02. The molecule has 6 heteroatoms. The summed E-state index contributed by atoms with van der Waals surface area (Å²) in [5, 5.41) is 0. The van der Waals surface area contributed by atoms with Gasteiger partial charge in [-0.3, -0.25) is 4.57 Å². The van der Waals surface area contributed by atoms with E-state index in [1.54, 1.807) is 24.3 Å². The zero-order valence-corrected chi connectivity index (χ0v) is 13.0. The summed E-state index contributed by atoms with van der Waals surface area (Å²) in [5.74, 6) is 0.864. The van der Waals surface area contributed by atoms with Gasteiger partial charge in [-0.25, -0.2) is 0 Å². The Morgan fingerprint density at radius 3 is 1.38 bits per heavy atom. The van der Waals surface area contributed by atoms with Crippen molar-refractivity contribution in [1.82, 2.24) is 0 Å². The molecule has 0 amide bonds. The zero-order valence-electron chi connectivity index (χ0n) is 12.1. The summed E-state index contributed by atoms with van der Waals surface area (Å²) in [6.07, 6.45) is 0. The van der Waals surface area contributed by atoms with E-state index in [1.165, 1.54) is 6.66 Å². The Labute approximate surface area is 123 Å². The summed E-state index contributed by atoms with van der Waals surface area (Å²) in [6, 6.07) is 14.2. The summed E-state index contributed by atoms with van der Waals surface area (Å²) < 4.78 is 21.6. The van der Waals surface area contributed by atoms with Crippen molar-refractivity contribution in [3.05, 3.63) is 59.7 Å². The Morgan fingerprint density at radius 1 is 0.714 bits per heavy atom. The first-order chi connectivity index (χ1) is 9.94. The molecule has 21 heavy (non-hydrogen) atoms. The summed E-state index contributed by atoms with van der Waals surface area (Å²) >= 11 is 0. The summed E-state index contributed by atoms with van der Waals surface area (Å²) in [5.41, 5.74) is 2.17. The third kappa shape index (κ3) is 5.23. The van der Waals surface area contributed by atoms with E-state index in [1.807, 2.05) is 38.1 Å². The van der Waals surface area contributed by atoms with Gasteiger partial charge < -0.3 is 9.78 Å². The average molecular weight is 308 g/mol. The first-order valence-corrected chi connectivity index (χ1v) is 8.37. The number of hydrogen-bond donors (Lipinski definition) is 0. The van der Waals surface area contributed by atoms with Crippen molar-refractivity contribution < 1.29 is 23.7 Å². The second-order valence-corrected chi connectivity index (χ2v) is 6.55. The van der Waals surface area contributed by atoms with Crippen molar-refractivity contribution in [2.75, 3.05) is 6.66 Å². The maximum atomic E-state index is 12.0. The molecule has 0 saturated carbocycles. The van der Waals surface area contributed by atoms with Gasteiger partial charge in [0.25, 0.3) is 0 Å². The standard InChI is InChI=1S/C15H17O5P/c1-12-4-8-14(9-5-12)17-19-21(3,16)20-18-15-10-6-13(2)7-11-15/h4-11H,1-3H3. The van der Waals surface area contributed by atoms with Crippen LogP contribution in [0.2, 0.25) is 0 Å². The lowest BCUT2D eigenvalue weighted by molar-refractivity contribution is -0.169. The second kappa shape index (κ2) is 6.76. The molecular formula is C15H17O5P. The van der Waals surface area contributed by atoms with Crippen LogP contribution in [-0.4, -0.2) is 6.66 Å². The fourth-order valence-corrected chi connectivity index (χ4v) is 1.89. The van der Waals surface area contributed by atoms with Crippen molar-refractivity contribution >= 4 is 7.60 Å². The number of benzene rings is 2. The number of rotatable bonds is 6. The lowest BCUT2D eigenvalue weighted by Gasteiger charge is -2.12. The van der Waals surface area contributed by atoms with Gasteiger partial charge in [-0.05, 0) is 38.1 Å². The first kappa shape index (κ1) is 15.6. The molecule has 2 rings (SSSR count). The smallest absolute Gasteiger partial charge is 0.329 e. The van der Waals surface area contributed by atoms with E-state index in [-0.39, 0.29) is 0 Å². The van der Waals surface area contributed by atoms with Gasteiger partial charge >= 0.3 is 7.60 Å². The third-order valence-corrected chi connectivity index (χ3v) is 3.27. The van der Waals surface area contributed by atoms with Crippen LogP contribution >= 0.6 is 7.60 Å². The number of hydrogen-bond acceptors (Lipinski definition) is 5. The highest BCUT2D eigenvalue weighted by Crippen LogP contribution is 2.44. The molecule has 5 nitrogen and oxygen atoms in total. The predicted molar refractivity (Wildman–Crippen MR) is 79.3 cm³/mol. The van der Waals surface area contributed by atoms with Crippen LogP contribution in [0.4, 0.5) is 0 Å². The highest BCUT2D eigenvalue weighted by Gasteiger charge is 2.22. The van der Waals surface area contributed by atoms with Gasteiger partial charge in [-0.15, -0.1) is 0 Å². The second-order valence-electron chi connectivity index (χ2n) is 4.71. The summed E-state index contributed by atoms with van der Waals surface area (Å²) in [7, 11) is -3.49. The highest BCUT2D eigenvalue weighted by atomic mass is 31.2. The van der Waals surface area contributed by atoms with E-state index in [0.717, 1.165) is 11.1 Å². The van der Waals surface area contributed by atoms with Crippen LogP contribution < -0.4 is 9.78 Å². The molecule has 0 saturated heterocycles. The van der Waals surface area contributed by atoms with Gasteiger partial charge in [0.05, 0.1) is 0 Å². The van der Waals surface area contributed by atoms with Crippen molar-refractivity contribution in [1.29, 1.82) is 0 Å². The van der Waals surface area contributed by atoms with Gasteiger partial charge in [0.1, 0.15) is 0 Å². The van der Waals surface area contributed by atoms with Gasteiger partial charge in [-0.2, -0.15) is 0 Å². The summed E-state index contributed by atoms with van der Waals surface area (Å²) in [4.78, 5) is 9.93. The topological polar surface area (TPSA) is 54.0 Å². The molecule has 2 aromatic rings. The molecule has 0 aliphatic heterocycles. The molecule has 2 aromatic carbocycles. The van der Waals surface area contributed by atoms with Gasteiger partial charge in [-0.1, -0.05) is 44.7 Å². The fourth-order valence-electron chi connectivity index (χ4n) is 1.42. The normalized spacial score (nSPS) is 11.2. The molecule has 0 heterocycles. The van der Waals surface area contributed by atoms with Crippen LogP contribution in [-0.2, 0) is 13.9 Å². The zero-order chi connectivity index (χ0) is 15.3. The monoisotopic (exact) mass is 308 g/mol. The molecule has 0 N–H and O–H groups in total. The fraction of sp³-hybridized carbons (Fsp3) is 0.200. The van der Waals surface area contributed by atoms with Crippen LogP contribution in [0.5, 0.6) is 11.5 Å². The third-order valence-electron chi connectivity index (χ3n) is 2.58. The minimum Gasteiger partial charge on any atom is -0.329 e.